The third-order valence-electron chi connectivity index (χ3n) is 2.19. The molecule has 1 aromatic rings. The quantitative estimate of drug-likeness (QED) is 0.591. The SMILES string of the molecule is CCCOc1ccc(CC(=O)NO)cc1C. The van der Waals surface area contributed by atoms with Gasteiger partial charge in [0.1, 0.15) is 5.75 Å². The first-order valence-corrected chi connectivity index (χ1v) is 5.32. The van der Waals surface area contributed by atoms with Crippen molar-refractivity contribution in [3.8, 4) is 5.75 Å². The van der Waals surface area contributed by atoms with Crippen molar-refractivity contribution in [1.29, 1.82) is 0 Å². The summed E-state index contributed by atoms with van der Waals surface area (Å²) in [5, 5.41) is 8.41. The van der Waals surface area contributed by atoms with Crippen molar-refractivity contribution in [3.63, 3.8) is 0 Å². The van der Waals surface area contributed by atoms with Crippen LogP contribution in [0.3, 0.4) is 0 Å². The van der Waals surface area contributed by atoms with E-state index in [0.29, 0.717) is 6.61 Å². The Morgan fingerprint density at radius 1 is 1.50 bits per heavy atom. The highest BCUT2D eigenvalue weighted by Crippen LogP contribution is 2.19. The normalized spacial score (nSPS) is 9.94. The van der Waals surface area contributed by atoms with Crippen molar-refractivity contribution in [1.82, 2.24) is 5.48 Å². The number of carbonyl (C=O) groups is 1. The van der Waals surface area contributed by atoms with Crippen LogP contribution in [0.2, 0.25) is 0 Å². The molecule has 0 aliphatic heterocycles. The number of amides is 1. The Morgan fingerprint density at radius 3 is 2.81 bits per heavy atom. The molecule has 0 atom stereocenters. The number of hydroxylamine groups is 1. The van der Waals surface area contributed by atoms with Crippen molar-refractivity contribution in [3.05, 3.63) is 29.3 Å². The molecule has 0 fully saturated rings. The molecule has 0 aliphatic rings. The molecule has 1 aromatic carbocycles. The Morgan fingerprint density at radius 2 is 2.25 bits per heavy atom. The summed E-state index contributed by atoms with van der Waals surface area (Å²) in [6, 6.07) is 5.57. The molecule has 0 radical (unpaired) electrons. The van der Waals surface area contributed by atoms with Gasteiger partial charge in [-0.25, -0.2) is 5.48 Å². The maximum atomic E-state index is 11.0. The Bertz CT molecular complexity index is 363. The van der Waals surface area contributed by atoms with Gasteiger partial charge in [-0.15, -0.1) is 0 Å². The second kappa shape index (κ2) is 6.12. The second-order valence-electron chi connectivity index (χ2n) is 3.66. The van der Waals surface area contributed by atoms with Crippen LogP contribution in [0.5, 0.6) is 5.75 Å². The van der Waals surface area contributed by atoms with Gasteiger partial charge in [0.05, 0.1) is 13.0 Å². The number of benzene rings is 1. The highest BCUT2D eigenvalue weighted by atomic mass is 16.5. The van der Waals surface area contributed by atoms with Crippen LogP contribution in [-0.4, -0.2) is 17.7 Å². The van der Waals surface area contributed by atoms with Crippen LogP contribution in [-0.2, 0) is 11.2 Å². The summed E-state index contributed by atoms with van der Waals surface area (Å²) in [6.07, 6.45) is 1.14. The average molecular weight is 223 g/mol. The molecule has 4 heteroatoms. The van der Waals surface area contributed by atoms with E-state index in [1.807, 2.05) is 25.1 Å². The third kappa shape index (κ3) is 3.55. The van der Waals surface area contributed by atoms with Gasteiger partial charge in [-0.2, -0.15) is 0 Å². The summed E-state index contributed by atoms with van der Waals surface area (Å²) in [6.45, 7) is 4.68. The van der Waals surface area contributed by atoms with Gasteiger partial charge in [0.2, 0.25) is 5.91 Å². The monoisotopic (exact) mass is 223 g/mol. The van der Waals surface area contributed by atoms with E-state index in [1.54, 1.807) is 5.48 Å². The van der Waals surface area contributed by atoms with Crippen LogP contribution in [0.4, 0.5) is 0 Å². The number of carbonyl (C=O) groups excluding carboxylic acids is 1. The minimum Gasteiger partial charge on any atom is -0.493 e. The van der Waals surface area contributed by atoms with Crippen molar-refractivity contribution in [2.24, 2.45) is 0 Å². The maximum Gasteiger partial charge on any atom is 0.247 e. The molecular formula is C12H17NO3. The van der Waals surface area contributed by atoms with E-state index in [9.17, 15) is 4.79 Å². The smallest absolute Gasteiger partial charge is 0.247 e. The Hall–Kier alpha value is -1.55. The predicted molar refractivity (Wildman–Crippen MR) is 60.6 cm³/mol. The number of ether oxygens (including phenoxy) is 1. The van der Waals surface area contributed by atoms with Gasteiger partial charge < -0.3 is 4.74 Å². The van der Waals surface area contributed by atoms with Gasteiger partial charge >= 0.3 is 0 Å². The van der Waals surface area contributed by atoms with Gasteiger partial charge in [0, 0.05) is 0 Å². The molecule has 0 aromatic heterocycles. The molecule has 0 saturated heterocycles. The van der Waals surface area contributed by atoms with E-state index in [2.05, 4.69) is 6.92 Å². The van der Waals surface area contributed by atoms with E-state index in [4.69, 9.17) is 9.94 Å². The molecule has 0 bridgehead atoms. The van der Waals surface area contributed by atoms with Crippen molar-refractivity contribution in [2.75, 3.05) is 6.61 Å². The zero-order valence-electron chi connectivity index (χ0n) is 9.62. The fraction of sp³-hybridized carbons (Fsp3) is 0.417. The first kappa shape index (κ1) is 12.5. The molecule has 0 spiro atoms. The van der Waals surface area contributed by atoms with Gasteiger partial charge in [-0.3, -0.25) is 10.0 Å². The second-order valence-corrected chi connectivity index (χ2v) is 3.66. The molecule has 88 valence electrons. The van der Waals surface area contributed by atoms with Gasteiger partial charge in [0.25, 0.3) is 0 Å². The van der Waals surface area contributed by atoms with E-state index in [-0.39, 0.29) is 6.42 Å². The molecule has 1 rings (SSSR count). The lowest BCUT2D eigenvalue weighted by Crippen LogP contribution is -2.20. The van der Waals surface area contributed by atoms with Crippen molar-refractivity contribution >= 4 is 5.91 Å². The Labute approximate surface area is 95.2 Å². The van der Waals surface area contributed by atoms with Crippen molar-refractivity contribution < 1.29 is 14.7 Å². The molecule has 4 nitrogen and oxygen atoms in total. The fourth-order valence-corrected chi connectivity index (χ4v) is 1.42. The summed E-state index contributed by atoms with van der Waals surface area (Å²) in [5.41, 5.74) is 3.46. The molecule has 1 amide bonds. The first-order chi connectivity index (χ1) is 7.67. The number of nitrogens with one attached hydrogen (secondary N) is 1. The highest BCUT2D eigenvalue weighted by molar-refractivity contribution is 5.77. The Kier molecular flexibility index (Phi) is 4.79. The summed E-state index contributed by atoms with van der Waals surface area (Å²) < 4.78 is 5.52. The summed E-state index contributed by atoms with van der Waals surface area (Å²) in [5.74, 6) is 0.427. The lowest BCUT2D eigenvalue weighted by Gasteiger charge is -2.09. The van der Waals surface area contributed by atoms with Gasteiger partial charge in [-0.1, -0.05) is 19.1 Å². The Balaban J connectivity index is 2.70. The van der Waals surface area contributed by atoms with Gasteiger partial charge in [-0.05, 0) is 30.5 Å². The third-order valence-corrected chi connectivity index (χ3v) is 2.19. The minimum atomic E-state index is -0.415. The zero-order valence-corrected chi connectivity index (χ0v) is 9.62. The van der Waals surface area contributed by atoms with Crippen LogP contribution in [0.15, 0.2) is 18.2 Å². The van der Waals surface area contributed by atoms with Crippen LogP contribution in [0.1, 0.15) is 24.5 Å². The van der Waals surface area contributed by atoms with Crippen molar-refractivity contribution in [2.45, 2.75) is 26.7 Å². The minimum absolute atomic E-state index is 0.172. The number of rotatable bonds is 5. The average Bonchev–Trinajstić information content (AvgIpc) is 2.28. The van der Waals surface area contributed by atoms with E-state index in [0.717, 1.165) is 23.3 Å². The fourth-order valence-electron chi connectivity index (χ4n) is 1.42. The lowest BCUT2D eigenvalue weighted by molar-refractivity contribution is -0.128. The van der Waals surface area contributed by atoms with E-state index in [1.165, 1.54) is 0 Å². The lowest BCUT2D eigenvalue weighted by atomic mass is 10.1. The van der Waals surface area contributed by atoms with Crippen LogP contribution in [0, 0.1) is 6.92 Å². The topological polar surface area (TPSA) is 58.6 Å². The van der Waals surface area contributed by atoms with Crippen LogP contribution >= 0.6 is 0 Å². The van der Waals surface area contributed by atoms with Gasteiger partial charge in [0.15, 0.2) is 0 Å². The van der Waals surface area contributed by atoms with Crippen LogP contribution < -0.4 is 10.2 Å². The number of aryl methyl sites for hydroxylation is 1. The largest absolute Gasteiger partial charge is 0.493 e. The summed E-state index contributed by atoms with van der Waals surface area (Å²) in [7, 11) is 0. The molecule has 2 N–H and O–H groups in total. The molecule has 0 saturated carbocycles. The molecule has 0 heterocycles. The van der Waals surface area contributed by atoms with E-state index < -0.39 is 5.91 Å². The highest BCUT2D eigenvalue weighted by Gasteiger charge is 2.04. The zero-order chi connectivity index (χ0) is 12.0. The van der Waals surface area contributed by atoms with Crippen LogP contribution in [0.25, 0.3) is 0 Å². The molecule has 16 heavy (non-hydrogen) atoms. The standard InChI is InChI=1S/C12H17NO3/c1-3-6-16-11-5-4-10(7-9(11)2)8-12(14)13-15/h4-5,7,15H,3,6,8H2,1-2H3,(H,13,14). The first-order valence-electron chi connectivity index (χ1n) is 5.32. The van der Waals surface area contributed by atoms with E-state index >= 15 is 0 Å². The molecule has 0 aliphatic carbocycles. The number of hydrogen-bond donors (Lipinski definition) is 2. The summed E-state index contributed by atoms with van der Waals surface area (Å²) >= 11 is 0. The summed E-state index contributed by atoms with van der Waals surface area (Å²) in [4.78, 5) is 11.0. The number of hydrogen-bond acceptors (Lipinski definition) is 3. The molecule has 0 unspecified atom stereocenters. The predicted octanol–water partition coefficient (Wildman–Crippen LogP) is 1.83. The maximum absolute atomic E-state index is 11.0. The molecular weight excluding hydrogens is 206 g/mol.